The number of aliphatic hydroxyl groups is 2. The number of phosphoric ester groups is 2. The third-order valence-corrected chi connectivity index (χ3v) is 9.10. The Kier molecular flexibility index (Phi) is 11.8. The highest BCUT2D eigenvalue weighted by Crippen LogP contribution is 2.64. The van der Waals surface area contributed by atoms with Gasteiger partial charge in [0, 0.05) is 13.8 Å². The van der Waals surface area contributed by atoms with Gasteiger partial charge >= 0.3 is 33.3 Å². The van der Waals surface area contributed by atoms with Crippen LogP contribution in [0.1, 0.15) is 31.2 Å². The lowest BCUT2D eigenvalue weighted by Crippen LogP contribution is -2.36. The van der Waals surface area contributed by atoms with Crippen LogP contribution in [-0.4, -0.2) is 66.5 Å². The minimum absolute atomic E-state index is 0.222. The maximum absolute atomic E-state index is 13.6. The molecule has 1 saturated heterocycles. The van der Waals surface area contributed by atoms with Gasteiger partial charge in [-0.1, -0.05) is 24.3 Å². The molecule has 1 unspecified atom stereocenters. The fraction of sp³-hybridized carbons (Fsp3) is 0.346. The number of carbonyl (C=O) groups is 2. The van der Waals surface area contributed by atoms with Gasteiger partial charge in [-0.3, -0.25) is 27.7 Å². The third kappa shape index (κ3) is 10.3. The van der Waals surface area contributed by atoms with Crippen molar-refractivity contribution in [3.05, 3.63) is 76.5 Å². The Balaban J connectivity index is 1.44. The van der Waals surface area contributed by atoms with Crippen molar-refractivity contribution in [3.63, 3.8) is 0 Å². The Bertz CT molecular complexity index is 1650. The second-order valence-electron chi connectivity index (χ2n) is 9.77. The molecule has 1 aromatic heterocycles. The van der Waals surface area contributed by atoms with Crippen molar-refractivity contribution in [1.29, 1.82) is 0 Å². The molecule has 0 spiro atoms. The molecule has 0 bridgehead atoms. The van der Waals surface area contributed by atoms with Crippen molar-refractivity contribution in [2.75, 3.05) is 12.3 Å². The summed E-state index contributed by atoms with van der Waals surface area (Å²) in [5.74, 6) is -0.994. The quantitative estimate of drug-likeness (QED) is 0.105. The van der Waals surface area contributed by atoms with E-state index in [0.717, 1.165) is 10.9 Å². The van der Waals surface area contributed by atoms with Gasteiger partial charge in [0.1, 0.15) is 36.1 Å². The van der Waals surface area contributed by atoms with Crippen molar-refractivity contribution in [3.8, 4) is 11.5 Å². The maximum atomic E-state index is 13.6. The summed E-state index contributed by atoms with van der Waals surface area (Å²) in [5, 5.41) is 20.8. The number of hydrogen-bond acceptors (Lipinski definition) is 17. The summed E-state index contributed by atoms with van der Waals surface area (Å²) in [6.07, 6.45) is -5.52. The lowest BCUT2D eigenvalue weighted by atomic mass is 10.1. The van der Waals surface area contributed by atoms with Crippen LogP contribution in [0.3, 0.4) is 0 Å². The molecule has 47 heavy (non-hydrogen) atoms. The van der Waals surface area contributed by atoms with Gasteiger partial charge in [0.25, 0.3) is 0 Å². The number of phosphoric acid groups is 2. The van der Waals surface area contributed by atoms with Crippen LogP contribution < -0.4 is 20.9 Å². The molecule has 3 aromatic rings. The minimum Gasteiger partial charge on any atom is -0.427 e. The zero-order valence-electron chi connectivity index (χ0n) is 24.7. The molecule has 1 aliphatic heterocycles. The Hall–Kier alpha value is -3.87. The Labute approximate surface area is 266 Å². The summed E-state index contributed by atoms with van der Waals surface area (Å²) in [6, 6.07) is 11.6. The molecule has 0 saturated carbocycles. The number of rotatable bonds is 14. The highest BCUT2D eigenvalue weighted by molar-refractivity contribution is 7.61. The zero-order valence-corrected chi connectivity index (χ0v) is 26.5. The van der Waals surface area contributed by atoms with Crippen molar-refractivity contribution in [2.24, 2.45) is 0 Å². The molecule has 1 aliphatic rings. The number of aromatic nitrogens is 3. The number of carbonyl (C=O) groups excluding carboxylic acids is 2. The number of hydrogen-bond donors (Lipinski definition) is 4. The second-order valence-corrected chi connectivity index (χ2v) is 13.0. The average Bonchev–Trinajstić information content (AvgIpc) is 3.27. The van der Waals surface area contributed by atoms with Gasteiger partial charge < -0.3 is 35.1 Å². The van der Waals surface area contributed by atoms with Gasteiger partial charge in [0.05, 0.1) is 19.8 Å². The molecule has 5 N–H and O–H groups in total. The number of nitrogens with zero attached hydrogens (tertiary/aromatic N) is 3. The molecule has 254 valence electrons. The molecule has 2 heterocycles. The molecule has 0 radical (unpaired) electrons. The van der Waals surface area contributed by atoms with E-state index in [4.69, 9.17) is 37.8 Å². The van der Waals surface area contributed by atoms with Gasteiger partial charge in [0.15, 0.2) is 6.23 Å². The van der Waals surface area contributed by atoms with Crippen molar-refractivity contribution in [1.82, 2.24) is 14.5 Å². The highest BCUT2D eigenvalue weighted by atomic mass is 31.3. The minimum atomic E-state index is -5.32. The fourth-order valence-corrected chi connectivity index (χ4v) is 6.58. The first-order chi connectivity index (χ1) is 22.1. The van der Waals surface area contributed by atoms with E-state index in [1.807, 2.05) is 0 Å². The van der Waals surface area contributed by atoms with Crippen LogP contribution in [0.5, 0.6) is 11.5 Å². The topological polar surface area (TPSA) is 267 Å². The number of anilines is 1. The lowest BCUT2D eigenvalue weighted by molar-refractivity contribution is -0.132. The fourth-order valence-electron chi connectivity index (χ4n) is 3.98. The Morgan fingerprint density at radius 1 is 0.894 bits per heavy atom. The first-order valence-electron chi connectivity index (χ1n) is 13.5. The number of aliphatic hydroxyl groups excluding tert-OH is 2. The monoisotopic (exact) mass is 700 g/mol. The van der Waals surface area contributed by atoms with Gasteiger partial charge in [-0.05, 0) is 35.4 Å². The second kappa shape index (κ2) is 15.4. The van der Waals surface area contributed by atoms with Gasteiger partial charge in [-0.2, -0.15) is 9.29 Å². The standard InChI is InChI=1S/C26H30N4O15P2/c1-15(31)42-19-7-3-17(4-8-19)11-40-47(38,41-12-18-5-9-20(10-6-18)43-16(2)32)45-46(36,37)39-13-21-22(33)23(34)24(44-21)30-14-28-25(27)29-26(30)35/h3-10,14,21-24,33-34H,11-13H2,1-2H3,(H,36,37)(H2,27,29,35)/t21-,22-,23-,24-/m1/s1. The van der Waals surface area contributed by atoms with Gasteiger partial charge in [0.2, 0.25) is 5.95 Å². The van der Waals surface area contributed by atoms with E-state index in [2.05, 4.69) is 9.97 Å². The summed E-state index contributed by atoms with van der Waals surface area (Å²) in [6.45, 7) is 0.594. The molecule has 0 aliphatic carbocycles. The summed E-state index contributed by atoms with van der Waals surface area (Å²) < 4.78 is 63.0. The Morgan fingerprint density at radius 2 is 1.40 bits per heavy atom. The maximum Gasteiger partial charge on any atom is 0.484 e. The molecule has 2 aromatic carbocycles. The lowest BCUT2D eigenvalue weighted by Gasteiger charge is -2.22. The van der Waals surface area contributed by atoms with Crippen LogP contribution >= 0.6 is 15.6 Å². The van der Waals surface area contributed by atoms with Crippen molar-refractivity contribution in [2.45, 2.75) is 51.6 Å². The molecule has 1 fully saturated rings. The molecule has 19 nitrogen and oxygen atoms in total. The number of nitrogen functional groups attached to an aromatic ring is 1. The molecule has 21 heteroatoms. The summed E-state index contributed by atoms with van der Waals surface area (Å²) in [7, 11) is -10.3. The van der Waals surface area contributed by atoms with E-state index in [9.17, 15) is 38.6 Å². The predicted molar refractivity (Wildman–Crippen MR) is 156 cm³/mol. The van der Waals surface area contributed by atoms with Gasteiger partial charge in [-0.15, -0.1) is 0 Å². The normalized spacial score (nSPS) is 20.8. The van der Waals surface area contributed by atoms with E-state index in [-0.39, 0.29) is 17.4 Å². The summed E-state index contributed by atoms with van der Waals surface area (Å²) >= 11 is 0. The van der Waals surface area contributed by atoms with E-state index in [1.165, 1.54) is 62.4 Å². The summed E-state index contributed by atoms with van der Waals surface area (Å²) in [4.78, 5) is 51.9. The first-order valence-corrected chi connectivity index (χ1v) is 16.4. The van der Waals surface area contributed by atoms with Crippen LogP contribution in [-0.2, 0) is 54.6 Å². The van der Waals surface area contributed by atoms with E-state index in [1.54, 1.807) is 0 Å². The third-order valence-electron chi connectivity index (χ3n) is 6.11. The first kappa shape index (κ1) is 36.0. The predicted octanol–water partition coefficient (Wildman–Crippen LogP) is 1.37. The van der Waals surface area contributed by atoms with Crippen LogP contribution in [0.4, 0.5) is 5.95 Å². The smallest absolute Gasteiger partial charge is 0.427 e. The molecule has 4 rings (SSSR count). The molecular weight excluding hydrogens is 670 g/mol. The molecular formula is C26H30N4O15P2. The Morgan fingerprint density at radius 3 is 1.87 bits per heavy atom. The highest BCUT2D eigenvalue weighted by Gasteiger charge is 2.46. The van der Waals surface area contributed by atoms with E-state index in [0.29, 0.717) is 11.1 Å². The zero-order chi connectivity index (χ0) is 34.4. The van der Waals surface area contributed by atoms with E-state index < -0.39 is 77.6 Å². The van der Waals surface area contributed by atoms with Crippen molar-refractivity contribution < 1.29 is 65.9 Å². The van der Waals surface area contributed by atoms with Crippen LogP contribution in [0, 0.1) is 0 Å². The number of nitrogens with two attached hydrogens (primary N) is 1. The van der Waals surface area contributed by atoms with Crippen LogP contribution in [0.25, 0.3) is 0 Å². The summed E-state index contributed by atoms with van der Waals surface area (Å²) in [5.41, 5.74) is 5.15. The number of ether oxygens (including phenoxy) is 3. The largest absolute Gasteiger partial charge is 0.484 e. The molecule has 5 atom stereocenters. The van der Waals surface area contributed by atoms with Gasteiger partial charge in [-0.25, -0.2) is 18.9 Å². The van der Waals surface area contributed by atoms with Crippen LogP contribution in [0.2, 0.25) is 0 Å². The SMILES string of the molecule is CC(=O)Oc1ccc(COP(=O)(OCc2ccc(OC(C)=O)cc2)OP(=O)(O)OC[C@H]2O[C@@H](n3cnc(N)nc3=O)[C@H](O)[C@@H]2O)cc1. The number of esters is 2. The number of benzene rings is 2. The van der Waals surface area contributed by atoms with Crippen LogP contribution in [0.15, 0.2) is 59.7 Å². The van der Waals surface area contributed by atoms with E-state index >= 15 is 0 Å². The average molecular weight is 700 g/mol. The molecule has 0 amide bonds. The van der Waals surface area contributed by atoms with Crippen molar-refractivity contribution >= 4 is 33.5 Å².